The lowest BCUT2D eigenvalue weighted by atomic mass is 10.2. The van der Waals surface area contributed by atoms with Gasteiger partial charge in [-0.15, -0.1) is 24.0 Å². The number of hydrogen-bond donors (Lipinski definition) is 3. The molecule has 1 rings (SSSR count). The van der Waals surface area contributed by atoms with Gasteiger partial charge in [0, 0.05) is 37.7 Å². The first-order valence-corrected chi connectivity index (χ1v) is 9.99. The molecule has 0 aromatic heterocycles. The molecule has 10 heteroatoms. The van der Waals surface area contributed by atoms with Crippen LogP contribution >= 0.6 is 24.0 Å². The molecular formula is C20H33F2IN4O3. The molecule has 0 aliphatic heterocycles. The van der Waals surface area contributed by atoms with Gasteiger partial charge in [0.25, 0.3) is 0 Å². The van der Waals surface area contributed by atoms with Gasteiger partial charge in [-0.05, 0) is 31.9 Å². The van der Waals surface area contributed by atoms with E-state index in [1.807, 2.05) is 20.8 Å². The van der Waals surface area contributed by atoms with Gasteiger partial charge in [0.2, 0.25) is 5.91 Å². The van der Waals surface area contributed by atoms with E-state index in [9.17, 15) is 13.6 Å². The minimum absolute atomic E-state index is 0. The predicted molar refractivity (Wildman–Crippen MR) is 125 cm³/mol. The molecule has 0 aliphatic rings. The van der Waals surface area contributed by atoms with Crippen molar-refractivity contribution in [3.05, 3.63) is 23.8 Å². The number of aliphatic imine (C=N–C) groups is 1. The number of ether oxygens (including phenoxy) is 2. The van der Waals surface area contributed by atoms with Crippen LogP contribution in [0.15, 0.2) is 23.2 Å². The zero-order valence-corrected chi connectivity index (χ0v) is 20.1. The van der Waals surface area contributed by atoms with E-state index in [1.54, 1.807) is 12.1 Å². The van der Waals surface area contributed by atoms with Gasteiger partial charge in [0.05, 0.1) is 13.2 Å². The van der Waals surface area contributed by atoms with Crippen LogP contribution in [-0.2, 0) is 11.3 Å². The van der Waals surface area contributed by atoms with Crippen LogP contribution in [0.25, 0.3) is 0 Å². The third-order valence-corrected chi connectivity index (χ3v) is 3.70. The highest BCUT2D eigenvalue weighted by molar-refractivity contribution is 14.0. The average molecular weight is 542 g/mol. The summed E-state index contributed by atoms with van der Waals surface area (Å²) in [5.74, 6) is 0.959. The molecule has 1 aromatic carbocycles. The highest BCUT2D eigenvalue weighted by atomic mass is 127. The number of rotatable bonds is 13. The Morgan fingerprint density at radius 2 is 1.87 bits per heavy atom. The summed E-state index contributed by atoms with van der Waals surface area (Å²) in [7, 11) is 0. The molecule has 1 amide bonds. The Kier molecular flexibility index (Phi) is 15.9. The Hall–Kier alpha value is -1.85. The molecule has 0 fully saturated rings. The van der Waals surface area contributed by atoms with Gasteiger partial charge in [-0.25, -0.2) is 4.99 Å². The first-order chi connectivity index (χ1) is 14.0. The van der Waals surface area contributed by atoms with Crippen LogP contribution in [-0.4, -0.2) is 44.7 Å². The molecular weight excluding hydrogens is 509 g/mol. The minimum Gasteiger partial charge on any atom is -0.493 e. The van der Waals surface area contributed by atoms with E-state index in [4.69, 9.17) is 4.74 Å². The SMILES string of the molecule is CCCNC(=O)CCNC(=NCc1ccc(OCCC)cc1OC(F)F)NCC.I. The summed E-state index contributed by atoms with van der Waals surface area (Å²) in [6.07, 6.45) is 2.01. The number of guanidine groups is 1. The summed E-state index contributed by atoms with van der Waals surface area (Å²) in [6.45, 7) is 5.23. The normalized spacial score (nSPS) is 10.9. The fraction of sp³-hybridized carbons (Fsp3) is 0.600. The summed E-state index contributed by atoms with van der Waals surface area (Å²) >= 11 is 0. The second-order valence-electron chi connectivity index (χ2n) is 6.22. The number of carbonyl (C=O) groups is 1. The molecule has 30 heavy (non-hydrogen) atoms. The van der Waals surface area contributed by atoms with Crippen LogP contribution in [0.4, 0.5) is 8.78 Å². The lowest BCUT2D eigenvalue weighted by Gasteiger charge is -2.14. The Bertz CT molecular complexity index is 648. The lowest BCUT2D eigenvalue weighted by molar-refractivity contribution is -0.120. The highest BCUT2D eigenvalue weighted by Gasteiger charge is 2.12. The number of hydrogen-bond acceptors (Lipinski definition) is 4. The van der Waals surface area contributed by atoms with Crippen LogP contribution in [0.3, 0.4) is 0 Å². The number of halogens is 3. The fourth-order valence-corrected chi connectivity index (χ4v) is 2.33. The topological polar surface area (TPSA) is 84.0 Å². The molecule has 0 radical (unpaired) electrons. The first kappa shape index (κ1) is 28.1. The number of nitrogens with zero attached hydrogens (tertiary/aromatic N) is 1. The molecule has 0 bridgehead atoms. The summed E-state index contributed by atoms with van der Waals surface area (Å²) in [4.78, 5) is 16.1. The van der Waals surface area contributed by atoms with Crippen LogP contribution in [0, 0.1) is 0 Å². The van der Waals surface area contributed by atoms with Crippen LogP contribution in [0.1, 0.15) is 45.6 Å². The van der Waals surface area contributed by atoms with Crippen molar-refractivity contribution in [3.63, 3.8) is 0 Å². The molecule has 0 saturated carbocycles. The Morgan fingerprint density at radius 1 is 1.10 bits per heavy atom. The van der Waals surface area contributed by atoms with E-state index in [0.29, 0.717) is 49.9 Å². The molecule has 0 atom stereocenters. The lowest BCUT2D eigenvalue weighted by Crippen LogP contribution is -2.39. The van der Waals surface area contributed by atoms with Gasteiger partial charge in [-0.2, -0.15) is 8.78 Å². The van der Waals surface area contributed by atoms with Crippen molar-refractivity contribution in [2.24, 2.45) is 4.99 Å². The van der Waals surface area contributed by atoms with Crippen molar-refractivity contribution >= 4 is 35.8 Å². The maximum atomic E-state index is 12.8. The maximum absolute atomic E-state index is 12.8. The molecule has 3 N–H and O–H groups in total. The van der Waals surface area contributed by atoms with Crippen molar-refractivity contribution in [1.82, 2.24) is 16.0 Å². The monoisotopic (exact) mass is 542 g/mol. The number of carbonyl (C=O) groups excluding carboxylic acids is 1. The highest BCUT2D eigenvalue weighted by Crippen LogP contribution is 2.27. The van der Waals surface area contributed by atoms with Gasteiger partial charge < -0.3 is 25.4 Å². The van der Waals surface area contributed by atoms with Crippen LogP contribution in [0.5, 0.6) is 11.5 Å². The summed E-state index contributed by atoms with van der Waals surface area (Å²) in [6, 6.07) is 4.82. The van der Waals surface area contributed by atoms with Crippen molar-refractivity contribution in [2.45, 2.75) is 53.2 Å². The second-order valence-corrected chi connectivity index (χ2v) is 6.22. The van der Waals surface area contributed by atoms with Crippen molar-refractivity contribution < 1.29 is 23.0 Å². The Morgan fingerprint density at radius 3 is 2.50 bits per heavy atom. The van der Waals surface area contributed by atoms with Crippen molar-refractivity contribution in [2.75, 3.05) is 26.2 Å². The zero-order chi connectivity index (χ0) is 21.5. The van der Waals surface area contributed by atoms with E-state index in [2.05, 4.69) is 25.7 Å². The number of alkyl halides is 2. The van der Waals surface area contributed by atoms with Gasteiger partial charge >= 0.3 is 6.61 Å². The molecule has 172 valence electrons. The molecule has 1 aromatic rings. The molecule has 0 heterocycles. The quantitative estimate of drug-likeness (QED) is 0.201. The van der Waals surface area contributed by atoms with E-state index in [0.717, 1.165) is 12.8 Å². The maximum Gasteiger partial charge on any atom is 0.387 e. The smallest absolute Gasteiger partial charge is 0.387 e. The summed E-state index contributed by atoms with van der Waals surface area (Å²) < 4.78 is 35.7. The predicted octanol–water partition coefficient (Wildman–Crippen LogP) is 3.67. The molecule has 0 saturated heterocycles. The van der Waals surface area contributed by atoms with Gasteiger partial charge in [0.1, 0.15) is 11.5 Å². The van der Waals surface area contributed by atoms with Crippen molar-refractivity contribution in [1.29, 1.82) is 0 Å². The van der Waals surface area contributed by atoms with Gasteiger partial charge in [-0.1, -0.05) is 13.8 Å². The molecule has 0 unspecified atom stereocenters. The van der Waals surface area contributed by atoms with E-state index < -0.39 is 6.61 Å². The van der Waals surface area contributed by atoms with Crippen molar-refractivity contribution in [3.8, 4) is 11.5 Å². The second kappa shape index (κ2) is 16.9. The number of nitrogens with one attached hydrogen (secondary N) is 3. The Labute approximate surface area is 194 Å². The third-order valence-electron chi connectivity index (χ3n) is 3.70. The van der Waals surface area contributed by atoms with Gasteiger partial charge in [-0.3, -0.25) is 4.79 Å². The number of benzene rings is 1. The summed E-state index contributed by atoms with van der Waals surface area (Å²) in [5, 5.41) is 8.93. The fourth-order valence-electron chi connectivity index (χ4n) is 2.33. The van der Waals surface area contributed by atoms with Crippen LogP contribution < -0.4 is 25.4 Å². The minimum atomic E-state index is -2.94. The van der Waals surface area contributed by atoms with E-state index in [1.165, 1.54) is 6.07 Å². The van der Waals surface area contributed by atoms with Crippen LogP contribution in [0.2, 0.25) is 0 Å². The molecule has 0 spiro atoms. The standard InChI is InChI=1S/C20H32F2N4O3.HI/c1-4-10-24-18(27)9-11-25-20(23-6-3)26-14-15-7-8-16(28-12-5-2)13-17(15)29-19(21)22;/h7-8,13,19H,4-6,9-12,14H2,1-3H3,(H,24,27)(H2,23,25,26);1H. The first-order valence-electron chi connectivity index (χ1n) is 9.99. The van der Waals surface area contributed by atoms with Gasteiger partial charge in [0.15, 0.2) is 5.96 Å². The van der Waals surface area contributed by atoms with E-state index in [-0.39, 0.29) is 42.2 Å². The zero-order valence-electron chi connectivity index (χ0n) is 17.8. The summed E-state index contributed by atoms with van der Waals surface area (Å²) in [5.41, 5.74) is 0.507. The Balaban J connectivity index is 0.00000841. The third kappa shape index (κ3) is 12.0. The average Bonchev–Trinajstić information content (AvgIpc) is 2.69. The molecule has 7 nitrogen and oxygen atoms in total. The molecule has 0 aliphatic carbocycles. The van der Waals surface area contributed by atoms with E-state index >= 15 is 0 Å². The number of amides is 1. The largest absolute Gasteiger partial charge is 0.493 e.